The van der Waals surface area contributed by atoms with Gasteiger partial charge in [-0.15, -0.1) is 0 Å². The molecule has 1 aliphatic rings. The van der Waals surface area contributed by atoms with Crippen molar-refractivity contribution in [3.8, 4) is 0 Å². The summed E-state index contributed by atoms with van der Waals surface area (Å²) in [7, 11) is 0. The van der Waals surface area contributed by atoms with Crippen molar-refractivity contribution in [2.24, 2.45) is 0 Å². The van der Waals surface area contributed by atoms with Gasteiger partial charge in [0.1, 0.15) is 0 Å². The first-order valence-electron chi connectivity index (χ1n) is 4.39. The van der Waals surface area contributed by atoms with Crippen molar-refractivity contribution < 1.29 is 14.3 Å². The third-order valence-corrected chi connectivity index (χ3v) is 2.44. The number of rotatable bonds is 1. The molecule has 1 saturated heterocycles. The van der Waals surface area contributed by atoms with Crippen LogP contribution in [0, 0.1) is 0 Å². The van der Waals surface area contributed by atoms with Gasteiger partial charge in [-0.25, -0.2) is 0 Å². The maximum atomic E-state index is 11.7. The van der Waals surface area contributed by atoms with Crippen molar-refractivity contribution >= 4 is 17.5 Å². The van der Waals surface area contributed by atoms with Gasteiger partial charge >= 0.3 is 0 Å². The summed E-state index contributed by atoms with van der Waals surface area (Å²) < 4.78 is 4.99. The number of furan rings is 1. The number of likely N-dealkylation sites (tertiary alicyclic amines) is 1. The maximum Gasteiger partial charge on any atom is 0.289 e. The monoisotopic (exact) mass is 215 g/mol. The zero-order valence-corrected chi connectivity index (χ0v) is 8.20. The van der Waals surface area contributed by atoms with Gasteiger partial charge in [0, 0.05) is 13.1 Å². The number of carbonyl (C=O) groups excluding carboxylic acids is 1. The molecule has 1 amide bonds. The minimum atomic E-state index is -0.413. The van der Waals surface area contributed by atoms with Gasteiger partial charge in [0.25, 0.3) is 5.91 Å². The molecule has 5 heteroatoms. The number of β-amino-alcohol motifs (C(OH)–C–C–N with tert-alkyl or cyclic N) is 1. The third-order valence-electron chi connectivity index (χ3n) is 2.23. The summed E-state index contributed by atoms with van der Waals surface area (Å²) in [4.78, 5) is 13.2. The Morgan fingerprint density at radius 1 is 1.64 bits per heavy atom. The second-order valence-corrected chi connectivity index (χ2v) is 3.67. The van der Waals surface area contributed by atoms with Gasteiger partial charge in [0.2, 0.25) is 0 Å². The topological polar surface area (TPSA) is 53.7 Å². The van der Waals surface area contributed by atoms with Gasteiger partial charge in [-0.05, 0) is 30.2 Å². The summed E-state index contributed by atoms with van der Waals surface area (Å²) in [5, 5.41) is 9.45. The average molecular weight is 216 g/mol. The van der Waals surface area contributed by atoms with Crippen LogP contribution in [0.3, 0.4) is 0 Å². The molecule has 0 aromatic carbocycles. The van der Waals surface area contributed by atoms with E-state index in [1.807, 2.05) is 0 Å². The summed E-state index contributed by atoms with van der Waals surface area (Å²) >= 11 is 5.55. The molecule has 1 atom stereocenters. The summed E-state index contributed by atoms with van der Waals surface area (Å²) in [5.41, 5.74) is 0. The number of hydrogen-bond acceptors (Lipinski definition) is 3. The molecule has 0 spiro atoms. The van der Waals surface area contributed by atoms with E-state index in [-0.39, 0.29) is 16.9 Å². The van der Waals surface area contributed by atoms with Crippen molar-refractivity contribution in [2.75, 3.05) is 13.1 Å². The van der Waals surface area contributed by atoms with E-state index in [1.165, 1.54) is 12.1 Å². The SMILES string of the molecule is O=C(c1ccc(Cl)o1)N1CC[C@H](O)C1. The van der Waals surface area contributed by atoms with Gasteiger partial charge in [-0.3, -0.25) is 4.79 Å². The first kappa shape index (κ1) is 9.55. The lowest BCUT2D eigenvalue weighted by molar-refractivity contribution is 0.0734. The van der Waals surface area contributed by atoms with Crippen molar-refractivity contribution in [3.05, 3.63) is 23.1 Å². The number of hydrogen-bond donors (Lipinski definition) is 1. The quantitative estimate of drug-likeness (QED) is 0.765. The van der Waals surface area contributed by atoms with Crippen LogP contribution in [0.2, 0.25) is 5.22 Å². The number of nitrogens with zero attached hydrogens (tertiary/aromatic N) is 1. The second kappa shape index (κ2) is 3.63. The summed E-state index contributed by atoms with van der Waals surface area (Å²) in [5.74, 6) is 0.0116. The highest BCUT2D eigenvalue weighted by Gasteiger charge is 2.26. The number of aliphatic hydroxyl groups is 1. The average Bonchev–Trinajstić information content (AvgIpc) is 2.73. The molecule has 0 saturated carbocycles. The van der Waals surface area contributed by atoms with E-state index in [0.29, 0.717) is 19.5 Å². The Balaban J connectivity index is 2.09. The molecule has 1 aliphatic heterocycles. The summed E-state index contributed by atoms with van der Waals surface area (Å²) in [6, 6.07) is 3.07. The lowest BCUT2D eigenvalue weighted by Gasteiger charge is -2.12. The van der Waals surface area contributed by atoms with Crippen LogP contribution in [0.15, 0.2) is 16.5 Å². The Morgan fingerprint density at radius 3 is 2.93 bits per heavy atom. The first-order valence-corrected chi connectivity index (χ1v) is 4.77. The number of carbonyl (C=O) groups is 1. The molecule has 0 bridgehead atoms. The van der Waals surface area contributed by atoms with Crippen LogP contribution < -0.4 is 0 Å². The molecule has 2 heterocycles. The van der Waals surface area contributed by atoms with Gasteiger partial charge < -0.3 is 14.4 Å². The Hall–Kier alpha value is -1.00. The summed E-state index contributed by atoms with van der Waals surface area (Å²) in [6.07, 6.45) is 0.213. The summed E-state index contributed by atoms with van der Waals surface area (Å²) in [6.45, 7) is 0.940. The van der Waals surface area contributed by atoms with Crippen LogP contribution in [0.5, 0.6) is 0 Å². The normalized spacial score (nSPS) is 21.6. The largest absolute Gasteiger partial charge is 0.440 e. The molecule has 0 radical (unpaired) electrons. The lowest BCUT2D eigenvalue weighted by Crippen LogP contribution is -2.29. The Labute approximate surface area is 86.1 Å². The molecule has 0 aliphatic carbocycles. The highest BCUT2D eigenvalue weighted by Crippen LogP contribution is 2.17. The predicted octanol–water partition coefficient (Wildman–Crippen LogP) is 1.14. The van der Waals surface area contributed by atoms with E-state index in [1.54, 1.807) is 4.90 Å². The Kier molecular flexibility index (Phi) is 2.48. The van der Waals surface area contributed by atoms with Gasteiger partial charge in [-0.1, -0.05) is 0 Å². The van der Waals surface area contributed by atoms with Gasteiger partial charge in [0.05, 0.1) is 6.10 Å². The van der Waals surface area contributed by atoms with E-state index >= 15 is 0 Å². The predicted molar refractivity (Wildman–Crippen MR) is 50.2 cm³/mol. The molecule has 1 fully saturated rings. The fraction of sp³-hybridized carbons (Fsp3) is 0.444. The van der Waals surface area contributed by atoms with E-state index in [4.69, 9.17) is 16.0 Å². The number of halogens is 1. The van der Waals surface area contributed by atoms with Crippen molar-refractivity contribution in [2.45, 2.75) is 12.5 Å². The van der Waals surface area contributed by atoms with E-state index in [2.05, 4.69) is 0 Å². The fourth-order valence-corrected chi connectivity index (χ4v) is 1.66. The Morgan fingerprint density at radius 2 is 2.43 bits per heavy atom. The second-order valence-electron chi connectivity index (χ2n) is 3.30. The standard InChI is InChI=1S/C9H10ClNO3/c10-8-2-1-7(14-8)9(13)11-4-3-6(12)5-11/h1-2,6,12H,3-5H2/t6-/m0/s1. The van der Waals surface area contributed by atoms with Crippen molar-refractivity contribution in [1.82, 2.24) is 4.90 Å². The zero-order valence-electron chi connectivity index (χ0n) is 7.44. The zero-order chi connectivity index (χ0) is 10.1. The molecule has 4 nitrogen and oxygen atoms in total. The van der Waals surface area contributed by atoms with Crippen LogP contribution in [0.25, 0.3) is 0 Å². The molecule has 1 N–H and O–H groups in total. The molecule has 76 valence electrons. The van der Waals surface area contributed by atoms with Gasteiger partial charge in [-0.2, -0.15) is 0 Å². The highest BCUT2D eigenvalue weighted by atomic mass is 35.5. The number of amides is 1. The molecule has 14 heavy (non-hydrogen) atoms. The van der Waals surface area contributed by atoms with Gasteiger partial charge in [0.15, 0.2) is 11.0 Å². The lowest BCUT2D eigenvalue weighted by atomic mass is 10.3. The minimum Gasteiger partial charge on any atom is -0.440 e. The first-order chi connectivity index (χ1) is 6.66. The maximum absolute atomic E-state index is 11.7. The molecule has 1 aromatic heterocycles. The minimum absolute atomic E-state index is 0.202. The van der Waals surface area contributed by atoms with E-state index in [9.17, 15) is 9.90 Å². The molecule has 1 aromatic rings. The Bertz CT molecular complexity index is 350. The van der Waals surface area contributed by atoms with Crippen molar-refractivity contribution in [1.29, 1.82) is 0 Å². The van der Waals surface area contributed by atoms with E-state index < -0.39 is 6.10 Å². The molecule has 2 rings (SSSR count). The molecule has 0 unspecified atom stereocenters. The fourth-order valence-electron chi connectivity index (χ4n) is 1.51. The van der Waals surface area contributed by atoms with Crippen LogP contribution in [-0.4, -0.2) is 35.1 Å². The number of aliphatic hydroxyl groups excluding tert-OH is 1. The van der Waals surface area contributed by atoms with Crippen LogP contribution in [-0.2, 0) is 0 Å². The molecular weight excluding hydrogens is 206 g/mol. The third kappa shape index (κ3) is 1.76. The van der Waals surface area contributed by atoms with E-state index in [0.717, 1.165) is 0 Å². The highest BCUT2D eigenvalue weighted by molar-refractivity contribution is 6.29. The van der Waals surface area contributed by atoms with Crippen LogP contribution in [0.4, 0.5) is 0 Å². The molecular formula is C9H10ClNO3. The van der Waals surface area contributed by atoms with Crippen LogP contribution in [0.1, 0.15) is 17.0 Å². The van der Waals surface area contributed by atoms with Crippen molar-refractivity contribution in [3.63, 3.8) is 0 Å². The smallest absolute Gasteiger partial charge is 0.289 e. The van der Waals surface area contributed by atoms with Crippen LogP contribution >= 0.6 is 11.6 Å².